The molecule has 0 saturated carbocycles. The second-order valence-corrected chi connectivity index (χ2v) is 4.51. The Bertz CT molecular complexity index is 770. The molecule has 1 aromatic heterocycles. The number of nitrogens with one attached hydrogen (secondary N) is 1. The first-order chi connectivity index (χ1) is 10.2. The number of fused-ring (bicyclic) bond motifs is 1. The summed E-state index contributed by atoms with van der Waals surface area (Å²) in [5, 5.41) is 0.618. The molecule has 1 aromatic carbocycles. The van der Waals surface area contributed by atoms with Crippen molar-refractivity contribution in [2.75, 3.05) is 7.11 Å². The summed E-state index contributed by atoms with van der Waals surface area (Å²) < 4.78 is 5.18. The van der Waals surface area contributed by atoms with E-state index in [0.29, 0.717) is 28.0 Å². The van der Waals surface area contributed by atoms with Crippen LogP contribution in [-0.4, -0.2) is 18.8 Å². The smallest absolute Gasteiger partial charge is 0.190 e. The van der Waals surface area contributed by atoms with Gasteiger partial charge in [-0.2, -0.15) is 0 Å². The first-order valence-corrected chi connectivity index (χ1v) is 6.74. The van der Waals surface area contributed by atoms with E-state index in [-0.39, 0.29) is 5.43 Å². The zero-order chi connectivity index (χ0) is 15.2. The highest BCUT2D eigenvalue weighted by Crippen LogP contribution is 2.19. The highest BCUT2D eigenvalue weighted by molar-refractivity contribution is 5.82. The maximum absolute atomic E-state index is 12.2. The predicted octanol–water partition coefficient (Wildman–Crippen LogP) is 3.54. The van der Waals surface area contributed by atoms with Gasteiger partial charge < -0.3 is 9.72 Å². The molecule has 2 rings (SSSR count). The lowest BCUT2D eigenvalue weighted by Gasteiger charge is -2.06. The summed E-state index contributed by atoms with van der Waals surface area (Å²) in [7, 11) is 1.59. The van der Waals surface area contributed by atoms with Crippen LogP contribution in [0.1, 0.15) is 19.0 Å². The molecule has 0 aliphatic heterocycles. The molecule has 0 amide bonds. The molecule has 1 heterocycles. The number of hydrogen-bond donors (Lipinski definition) is 1. The number of aromatic amines is 1. The largest absolute Gasteiger partial charge is 0.497 e. The van der Waals surface area contributed by atoms with Crippen LogP contribution in [0, 0.1) is 0 Å². The summed E-state index contributed by atoms with van der Waals surface area (Å²) >= 11 is 0. The molecule has 0 saturated heterocycles. The number of methoxy groups -OCH3 is 1. The van der Waals surface area contributed by atoms with Gasteiger partial charge in [0.1, 0.15) is 5.75 Å². The van der Waals surface area contributed by atoms with Gasteiger partial charge in [-0.25, -0.2) is 0 Å². The SMILES string of the molecule is C=N/C(=C\C=C/CC)c1cc(=O)c2ccc(OC)cc2[nH]1. The van der Waals surface area contributed by atoms with Crippen molar-refractivity contribution >= 4 is 23.3 Å². The van der Waals surface area contributed by atoms with Crippen LogP contribution in [0.4, 0.5) is 0 Å². The monoisotopic (exact) mass is 282 g/mol. The summed E-state index contributed by atoms with van der Waals surface area (Å²) in [4.78, 5) is 19.4. The number of rotatable bonds is 5. The van der Waals surface area contributed by atoms with Crippen LogP contribution < -0.4 is 10.2 Å². The molecule has 0 bridgehead atoms. The van der Waals surface area contributed by atoms with Crippen LogP contribution in [0.2, 0.25) is 0 Å². The Kier molecular flexibility index (Phi) is 4.72. The van der Waals surface area contributed by atoms with E-state index in [1.165, 1.54) is 6.07 Å². The van der Waals surface area contributed by atoms with E-state index in [1.54, 1.807) is 25.3 Å². The molecule has 4 nitrogen and oxygen atoms in total. The molecule has 21 heavy (non-hydrogen) atoms. The minimum absolute atomic E-state index is 0.0598. The number of nitrogens with zero attached hydrogens (tertiary/aromatic N) is 1. The van der Waals surface area contributed by atoms with Crippen molar-refractivity contribution in [2.45, 2.75) is 13.3 Å². The lowest BCUT2D eigenvalue weighted by Crippen LogP contribution is -2.04. The zero-order valence-corrected chi connectivity index (χ0v) is 12.2. The van der Waals surface area contributed by atoms with Crippen LogP contribution in [0.3, 0.4) is 0 Å². The molecule has 0 radical (unpaired) electrons. The van der Waals surface area contributed by atoms with Gasteiger partial charge in [-0.1, -0.05) is 19.1 Å². The third-order valence-electron chi connectivity index (χ3n) is 3.11. The zero-order valence-electron chi connectivity index (χ0n) is 12.2. The number of benzene rings is 1. The van der Waals surface area contributed by atoms with Crippen molar-refractivity contribution in [3.8, 4) is 5.75 Å². The third-order valence-corrected chi connectivity index (χ3v) is 3.11. The topological polar surface area (TPSA) is 54.4 Å². The molecule has 0 atom stereocenters. The summed E-state index contributed by atoms with van der Waals surface area (Å²) in [5.74, 6) is 0.693. The summed E-state index contributed by atoms with van der Waals surface area (Å²) in [6.07, 6.45) is 6.67. The number of aliphatic imine (C=N–C) groups is 1. The maximum Gasteiger partial charge on any atom is 0.190 e. The summed E-state index contributed by atoms with van der Waals surface area (Å²) in [6, 6.07) is 6.85. The molecule has 0 unspecified atom stereocenters. The number of allylic oxidation sites excluding steroid dienone is 3. The van der Waals surface area contributed by atoms with Crippen LogP contribution in [0.25, 0.3) is 16.6 Å². The average Bonchev–Trinajstić information content (AvgIpc) is 2.51. The molecule has 108 valence electrons. The molecule has 2 aromatic rings. The van der Waals surface area contributed by atoms with Gasteiger partial charge in [0, 0.05) is 17.5 Å². The Balaban J connectivity index is 2.59. The lowest BCUT2D eigenvalue weighted by atomic mass is 10.1. The maximum atomic E-state index is 12.2. The van der Waals surface area contributed by atoms with Gasteiger partial charge in [-0.15, -0.1) is 0 Å². The fourth-order valence-electron chi connectivity index (χ4n) is 2.02. The van der Waals surface area contributed by atoms with E-state index in [9.17, 15) is 4.79 Å². The van der Waals surface area contributed by atoms with Crippen LogP contribution in [0.15, 0.2) is 52.3 Å². The van der Waals surface area contributed by atoms with Crippen molar-refractivity contribution in [1.29, 1.82) is 0 Å². The summed E-state index contributed by atoms with van der Waals surface area (Å²) in [6.45, 7) is 5.61. The number of H-pyrrole nitrogens is 1. The second kappa shape index (κ2) is 6.70. The molecule has 0 fully saturated rings. The van der Waals surface area contributed by atoms with Gasteiger partial charge in [-0.05, 0) is 31.3 Å². The van der Waals surface area contributed by atoms with E-state index >= 15 is 0 Å². The lowest BCUT2D eigenvalue weighted by molar-refractivity contribution is 0.415. The summed E-state index contributed by atoms with van der Waals surface area (Å²) in [5.41, 5.74) is 1.92. The van der Waals surface area contributed by atoms with E-state index in [4.69, 9.17) is 4.74 Å². The molecule has 0 aliphatic rings. The van der Waals surface area contributed by atoms with Crippen LogP contribution in [-0.2, 0) is 0 Å². The second-order valence-electron chi connectivity index (χ2n) is 4.51. The van der Waals surface area contributed by atoms with Gasteiger partial charge in [0.05, 0.1) is 24.0 Å². The fourth-order valence-corrected chi connectivity index (χ4v) is 2.02. The van der Waals surface area contributed by atoms with E-state index in [0.717, 1.165) is 6.42 Å². The van der Waals surface area contributed by atoms with Crippen molar-refractivity contribution in [3.63, 3.8) is 0 Å². The number of pyridine rings is 1. The highest BCUT2D eigenvalue weighted by atomic mass is 16.5. The van der Waals surface area contributed by atoms with Crippen molar-refractivity contribution in [1.82, 2.24) is 4.98 Å². The van der Waals surface area contributed by atoms with Crippen molar-refractivity contribution < 1.29 is 4.74 Å². The predicted molar refractivity (Wildman–Crippen MR) is 88.1 cm³/mol. The van der Waals surface area contributed by atoms with E-state index < -0.39 is 0 Å². The Morgan fingerprint density at radius 1 is 1.43 bits per heavy atom. The standard InChI is InChI=1S/C17H18N2O2/c1-4-5-6-7-14(18-2)16-11-17(20)13-9-8-12(21-3)10-15(13)19-16/h5-11H,2,4H2,1,3H3,(H,19,20)/b6-5-,14-7-. The van der Waals surface area contributed by atoms with Crippen molar-refractivity contribution in [2.24, 2.45) is 4.99 Å². The van der Waals surface area contributed by atoms with Gasteiger partial charge in [-0.3, -0.25) is 9.79 Å². The first-order valence-electron chi connectivity index (χ1n) is 6.74. The molecule has 1 N–H and O–H groups in total. The normalized spacial score (nSPS) is 12.0. The van der Waals surface area contributed by atoms with Gasteiger partial charge in [0.2, 0.25) is 0 Å². The quantitative estimate of drug-likeness (QED) is 0.673. The average molecular weight is 282 g/mol. The van der Waals surface area contributed by atoms with Gasteiger partial charge >= 0.3 is 0 Å². The Hall–Kier alpha value is -2.62. The molecule has 0 aliphatic carbocycles. The fraction of sp³-hybridized carbons (Fsp3) is 0.176. The number of aromatic nitrogens is 1. The Morgan fingerprint density at radius 3 is 2.90 bits per heavy atom. The van der Waals surface area contributed by atoms with E-state index in [2.05, 4.69) is 23.6 Å². The molecular weight excluding hydrogens is 264 g/mol. The van der Waals surface area contributed by atoms with Crippen LogP contribution in [0.5, 0.6) is 5.75 Å². The third kappa shape index (κ3) is 3.28. The van der Waals surface area contributed by atoms with Gasteiger partial charge in [0.25, 0.3) is 0 Å². The first kappa shape index (κ1) is 14.8. The Labute approximate surface area is 123 Å². The van der Waals surface area contributed by atoms with Crippen LogP contribution >= 0.6 is 0 Å². The highest BCUT2D eigenvalue weighted by Gasteiger charge is 2.06. The van der Waals surface area contributed by atoms with E-state index in [1.807, 2.05) is 18.2 Å². The number of ether oxygens (including phenoxy) is 1. The molecule has 4 heteroatoms. The number of hydrogen-bond acceptors (Lipinski definition) is 3. The minimum Gasteiger partial charge on any atom is -0.497 e. The molecular formula is C17H18N2O2. The minimum atomic E-state index is -0.0598. The van der Waals surface area contributed by atoms with Gasteiger partial charge in [0.15, 0.2) is 5.43 Å². The molecule has 0 spiro atoms. The van der Waals surface area contributed by atoms with Crippen molar-refractivity contribution in [3.05, 3.63) is 58.4 Å². The Morgan fingerprint density at radius 2 is 2.24 bits per heavy atom.